The second kappa shape index (κ2) is 4.68. The average Bonchev–Trinajstić information content (AvgIpc) is 2.89. The molecular formula is C15H28Si. The fourth-order valence-corrected chi connectivity index (χ4v) is 7.71. The van der Waals surface area contributed by atoms with Crippen molar-refractivity contribution in [3.63, 3.8) is 0 Å². The molecule has 0 unspecified atom stereocenters. The Morgan fingerprint density at radius 2 is 1.56 bits per heavy atom. The Morgan fingerprint density at radius 3 is 2.00 bits per heavy atom. The summed E-state index contributed by atoms with van der Waals surface area (Å²) >= 11 is 0. The van der Waals surface area contributed by atoms with Crippen LogP contribution in [-0.2, 0) is 0 Å². The van der Waals surface area contributed by atoms with E-state index in [1.807, 2.05) is 11.1 Å². The number of hydrogen-bond donors (Lipinski definition) is 0. The van der Waals surface area contributed by atoms with Crippen LogP contribution in [0.1, 0.15) is 47.0 Å². The fourth-order valence-electron chi connectivity index (χ4n) is 4.09. The molecule has 0 nitrogen and oxygen atoms in total. The maximum Gasteiger partial charge on any atom is 0.0568 e. The second-order valence-corrected chi connectivity index (χ2v) is 11.6. The molecule has 0 N–H and O–H groups in total. The van der Waals surface area contributed by atoms with Crippen molar-refractivity contribution in [1.82, 2.24) is 0 Å². The van der Waals surface area contributed by atoms with Gasteiger partial charge in [-0.3, -0.25) is 0 Å². The molecule has 92 valence electrons. The zero-order valence-electron chi connectivity index (χ0n) is 11.6. The summed E-state index contributed by atoms with van der Waals surface area (Å²) in [6.07, 6.45) is 4.53. The number of allylic oxidation sites excluding steroid dienone is 2. The van der Waals surface area contributed by atoms with Crippen LogP contribution < -0.4 is 0 Å². The number of fused-ring (bicyclic) bond motifs is 2. The van der Waals surface area contributed by atoms with Gasteiger partial charge < -0.3 is 0 Å². The monoisotopic (exact) mass is 236 g/mol. The fraction of sp³-hybridized carbons (Fsp3) is 0.867. The lowest BCUT2D eigenvalue weighted by molar-refractivity contribution is 0.645. The zero-order valence-corrected chi connectivity index (χ0v) is 12.6. The third kappa shape index (κ3) is 1.92. The summed E-state index contributed by atoms with van der Waals surface area (Å²) in [6, 6.07) is 6.03. The summed E-state index contributed by atoms with van der Waals surface area (Å²) in [5, 5.41) is 0. The highest BCUT2D eigenvalue weighted by Gasteiger charge is 2.40. The summed E-state index contributed by atoms with van der Waals surface area (Å²) in [7, 11) is -0.920. The third-order valence-corrected chi connectivity index (χ3v) is 11.5. The van der Waals surface area contributed by atoms with Gasteiger partial charge in [-0.1, -0.05) is 50.0 Å². The first-order valence-corrected chi connectivity index (χ1v) is 10.2. The van der Waals surface area contributed by atoms with E-state index in [4.69, 9.17) is 0 Å². The van der Waals surface area contributed by atoms with E-state index >= 15 is 0 Å². The van der Waals surface area contributed by atoms with Crippen LogP contribution in [0.25, 0.3) is 0 Å². The Hall–Kier alpha value is -0.0431. The van der Waals surface area contributed by atoms with Gasteiger partial charge in [0, 0.05) is 0 Å². The molecule has 1 saturated carbocycles. The van der Waals surface area contributed by atoms with Gasteiger partial charge in [0.2, 0.25) is 0 Å². The molecule has 1 fully saturated rings. The van der Waals surface area contributed by atoms with E-state index in [0.717, 1.165) is 11.8 Å². The average molecular weight is 236 g/mol. The molecule has 0 saturated heterocycles. The summed E-state index contributed by atoms with van der Waals surface area (Å²) in [4.78, 5) is 0. The van der Waals surface area contributed by atoms with E-state index in [9.17, 15) is 0 Å². The van der Waals surface area contributed by atoms with Crippen molar-refractivity contribution >= 4 is 8.07 Å². The van der Waals surface area contributed by atoms with Gasteiger partial charge in [0.05, 0.1) is 8.07 Å². The molecule has 0 aromatic carbocycles. The molecule has 16 heavy (non-hydrogen) atoms. The molecule has 0 radical (unpaired) electrons. The van der Waals surface area contributed by atoms with E-state index in [2.05, 4.69) is 27.7 Å². The normalized spacial score (nSPS) is 29.2. The molecule has 2 aliphatic carbocycles. The highest BCUT2D eigenvalue weighted by Crippen LogP contribution is 2.51. The van der Waals surface area contributed by atoms with Gasteiger partial charge in [-0.15, -0.1) is 0 Å². The van der Waals surface area contributed by atoms with Crippen molar-refractivity contribution < 1.29 is 0 Å². The van der Waals surface area contributed by atoms with Gasteiger partial charge in [-0.2, -0.15) is 0 Å². The van der Waals surface area contributed by atoms with Crippen molar-refractivity contribution in [2.24, 2.45) is 11.8 Å². The first-order valence-electron chi connectivity index (χ1n) is 7.35. The molecule has 2 bridgehead atoms. The molecule has 0 aromatic rings. The van der Waals surface area contributed by atoms with Crippen LogP contribution in [0.4, 0.5) is 0 Å². The van der Waals surface area contributed by atoms with Crippen LogP contribution in [0.2, 0.25) is 24.2 Å². The molecule has 0 amide bonds. The lowest BCUT2D eigenvalue weighted by Gasteiger charge is -2.32. The molecule has 0 aliphatic heterocycles. The molecular weight excluding hydrogens is 208 g/mol. The maximum absolute atomic E-state index is 2.45. The second-order valence-electron chi connectivity index (χ2n) is 6.15. The Bertz CT molecular complexity index is 278. The number of rotatable bonds is 5. The van der Waals surface area contributed by atoms with Gasteiger partial charge in [0.25, 0.3) is 0 Å². The lowest BCUT2D eigenvalue weighted by Crippen LogP contribution is -2.32. The minimum atomic E-state index is -0.920. The van der Waals surface area contributed by atoms with Crippen LogP contribution in [0.3, 0.4) is 0 Å². The number of hydrogen-bond acceptors (Lipinski definition) is 0. The van der Waals surface area contributed by atoms with Crippen LogP contribution in [0, 0.1) is 11.8 Å². The summed E-state index contributed by atoms with van der Waals surface area (Å²) in [5.74, 6) is 2.01. The van der Waals surface area contributed by atoms with Crippen LogP contribution in [-0.4, -0.2) is 8.07 Å². The van der Waals surface area contributed by atoms with Gasteiger partial charge in [-0.05, 0) is 44.1 Å². The SMILES string of the molecule is CC[Si](CC)(CC)CC1=C(C)[C@H]2CC[C@H]1C2. The van der Waals surface area contributed by atoms with Gasteiger partial charge in [0.1, 0.15) is 0 Å². The van der Waals surface area contributed by atoms with Crippen molar-refractivity contribution in [3.05, 3.63) is 11.1 Å². The van der Waals surface area contributed by atoms with E-state index in [0.29, 0.717) is 0 Å². The smallest absolute Gasteiger partial charge is 0.0568 e. The molecule has 0 spiro atoms. The molecule has 2 aliphatic rings. The van der Waals surface area contributed by atoms with Gasteiger partial charge >= 0.3 is 0 Å². The van der Waals surface area contributed by atoms with Crippen LogP contribution >= 0.6 is 0 Å². The first-order chi connectivity index (χ1) is 7.65. The minimum Gasteiger partial charge on any atom is -0.0710 e. The lowest BCUT2D eigenvalue weighted by atomic mass is 9.94. The van der Waals surface area contributed by atoms with Crippen LogP contribution in [0.15, 0.2) is 11.1 Å². The minimum absolute atomic E-state index is 0.920. The highest BCUT2D eigenvalue weighted by molar-refractivity contribution is 6.80. The largest absolute Gasteiger partial charge is 0.0710 e. The molecule has 2 rings (SSSR count). The third-order valence-electron chi connectivity index (χ3n) is 5.86. The van der Waals surface area contributed by atoms with Crippen molar-refractivity contribution in [1.29, 1.82) is 0 Å². The van der Waals surface area contributed by atoms with E-state index in [1.54, 1.807) is 6.04 Å². The summed E-state index contributed by atoms with van der Waals surface area (Å²) in [5.41, 5.74) is 3.76. The molecule has 1 heteroatoms. The predicted octanol–water partition coefficient (Wildman–Crippen LogP) is 5.24. The topological polar surface area (TPSA) is 0 Å². The Kier molecular flexibility index (Phi) is 3.63. The Balaban J connectivity index is 2.15. The van der Waals surface area contributed by atoms with Crippen LogP contribution in [0.5, 0.6) is 0 Å². The Labute approximate surface area is 103 Å². The quantitative estimate of drug-likeness (QED) is 0.452. The van der Waals surface area contributed by atoms with E-state index in [-0.39, 0.29) is 0 Å². The van der Waals surface area contributed by atoms with E-state index in [1.165, 1.54) is 37.4 Å². The predicted molar refractivity (Wildman–Crippen MR) is 75.5 cm³/mol. The van der Waals surface area contributed by atoms with Crippen molar-refractivity contribution in [3.8, 4) is 0 Å². The molecule has 0 heterocycles. The molecule has 0 aromatic heterocycles. The highest BCUT2D eigenvalue weighted by atomic mass is 28.3. The van der Waals surface area contributed by atoms with Crippen molar-refractivity contribution in [2.75, 3.05) is 0 Å². The summed E-state index contributed by atoms with van der Waals surface area (Å²) < 4.78 is 0. The standard InChI is InChI=1S/C15H28Si/c1-5-16(6-2,7-3)11-15-12(4)13-8-9-14(15)10-13/h13-14H,5-11H2,1-4H3/t13-,14-/m0/s1. The van der Waals surface area contributed by atoms with E-state index < -0.39 is 8.07 Å². The zero-order chi connectivity index (χ0) is 11.8. The van der Waals surface area contributed by atoms with Gasteiger partial charge in [0.15, 0.2) is 0 Å². The maximum atomic E-state index is 2.45. The van der Waals surface area contributed by atoms with Gasteiger partial charge in [-0.25, -0.2) is 0 Å². The molecule has 2 atom stereocenters. The van der Waals surface area contributed by atoms with Crippen molar-refractivity contribution in [2.45, 2.75) is 71.1 Å². The first kappa shape index (κ1) is 12.4. The Morgan fingerprint density at radius 1 is 1.00 bits per heavy atom. The summed E-state index contributed by atoms with van der Waals surface area (Å²) in [6.45, 7) is 9.78.